The topological polar surface area (TPSA) is 92.8 Å². The molecule has 0 radical (unpaired) electrons. The quantitative estimate of drug-likeness (QED) is 0.418. The molecule has 1 amide bonds. The van der Waals surface area contributed by atoms with Crippen molar-refractivity contribution in [2.45, 2.75) is 5.03 Å². The SMILES string of the molecule is COc1ccccc1NC(=O)CSc1nc(Cl)nc2nc[nH]c12. The molecule has 9 heteroatoms. The number of thioether (sulfide) groups is 1. The van der Waals surface area contributed by atoms with Gasteiger partial charge in [0.2, 0.25) is 11.2 Å². The van der Waals surface area contributed by atoms with Crippen LogP contribution in [0.4, 0.5) is 5.69 Å². The Kier molecular flexibility index (Phi) is 4.63. The summed E-state index contributed by atoms with van der Waals surface area (Å²) in [6, 6.07) is 7.21. The van der Waals surface area contributed by atoms with Crippen molar-refractivity contribution in [2.75, 3.05) is 18.2 Å². The molecule has 0 saturated carbocycles. The number of imidazole rings is 1. The van der Waals surface area contributed by atoms with Crippen molar-refractivity contribution in [2.24, 2.45) is 0 Å². The molecule has 1 aromatic carbocycles. The number of hydrogen-bond acceptors (Lipinski definition) is 6. The van der Waals surface area contributed by atoms with Gasteiger partial charge in [-0.25, -0.2) is 9.97 Å². The van der Waals surface area contributed by atoms with Crippen molar-refractivity contribution >= 4 is 46.1 Å². The molecule has 0 atom stereocenters. The van der Waals surface area contributed by atoms with Crippen LogP contribution in [0.5, 0.6) is 5.75 Å². The second-order valence-electron chi connectivity index (χ2n) is 4.44. The van der Waals surface area contributed by atoms with Crippen LogP contribution in [0.1, 0.15) is 0 Å². The molecule has 0 aliphatic rings. The highest BCUT2D eigenvalue weighted by Gasteiger charge is 2.12. The van der Waals surface area contributed by atoms with Crippen LogP contribution in [0.3, 0.4) is 0 Å². The van der Waals surface area contributed by atoms with E-state index >= 15 is 0 Å². The van der Waals surface area contributed by atoms with Crippen LogP contribution < -0.4 is 10.1 Å². The Labute approximate surface area is 140 Å². The minimum absolute atomic E-state index is 0.0947. The van der Waals surface area contributed by atoms with Gasteiger partial charge in [-0.05, 0) is 23.7 Å². The summed E-state index contributed by atoms with van der Waals surface area (Å²) in [5.74, 6) is 0.591. The first-order valence-corrected chi connectivity index (χ1v) is 7.96. The summed E-state index contributed by atoms with van der Waals surface area (Å²) in [4.78, 5) is 27.2. The molecule has 0 aliphatic heterocycles. The van der Waals surface area contributed by atoms with Gasteiger partial charge in [-0.15, -0.1) is 0 Å². The lowest BCUT2D eigenvalue weighted by Crippen LogP contribution is -2.14. The predicted molar refractivity (Wildman–Crippen MR) is 89.0 cm³/mol. The Balaban J connectivity index is 1.70. The zero-order chi connectivity index (χ0) is 16.2. The number of H-pyrrole nitrogens is 1. The van der Waals surface area contributed by atoms with E-state index < -0.39 is 0 Å². The number of aromatic nitrogens is 4. The summed E-state index contributed by atoms with van der Waals surface area (Å²) in [6.07, 6.45) is 1.51. The van der Waals surface area contributed by atoms with Crippen molar-refractivity contribution in [3.63, 3.8) is 0 Å². The van der Waals surface area contributed by atoms with Crippen LogP contribution in [0.25, 0.3) is 11.2 Å². The van der Waals surface area contributed by atoms with Crippen molar-refractivity contribution < 1.29 is 9.53 Å². The van der Waals surface area contributed by atoms with Crippen molar-refractivity contribution in [3.8, 4) is 5.75 Å². The van der Waals surface area contributed by atoms with Crippen molar-refractivity contribution in [1.29, 1.82) is 0 Å². The maximum atomic E-state index is 12.1. The first-order chi connectivity index (χ1) is 11.2. The number of nitrogens with one attached hydrogen (secondary N) is 2. The molecule has 0 bridgehead atoms. The Bertz CT molecular complexity index is 854. The monoisotopic (exact) mass is 349 g/mol. The van der Waals surface area contributed by atoms with Gasteiger partial charge in [0.05, 0.1) is 24.9 Å². The molecule has 3 aromatic rings. The third kappa shape index (κ3) is 3.54. The number of para-hydroxylation sites is 2. The highest BCUT2D eigenvalue weighted by Crippen LogP contribution is 2.26. The summed E-state index contributed by atoms with van der Waals surface area (Å²) >= 11 is 7.11. The number of carbonyl (C=O) groups excluding carboxylic acids is 1. The van der Waals surface area contributed by atoms with E-state index in [0.717, 1.165) is 0 Å². The van der Waals surface area contributed by atoms with E-state index in [1.54, 1.807) is 19.2 Å². The maximum absolute atomic E-state index is 12.1. The van der Waals surface area contributed by atoms with Crippen LogP contribution in [0, 0.1) is 0 Å². The molecule has 0 unspecified atom stereocenters. The van der Waals surface area contributed by atoms with Gasteiger partial charge in [-0.2, -0.15) is 4.98 Å². The number of rotatable bonds is 5. The molecule has 23 heavy (non-hydrogen) atoms. The van der Waals surface area contributed by atoms with Crippen LogP contribution in [-0.2, 0) is 4.79 Å². The highest BCUT2D eigenvalue weighted by atomic mass is 35.5. The second kappa shape index (κ2) is 6.84. The maximum Gasteiger partial charge on any atom is 0.234 e. The largest absolute Gasteiger partial charge is 0.495 e. The van der Waals surface area contributed by atoms with Crippen molar-refractivity contribution in [3.05, 3.63) is 35.9 Å². The van der Waals surface area contributed by atoms with Crippen LogP contribution in [0.2, 0.25) is 5.28 Å². The van der Waals surface area contributed by atoms with Gasteiger partial charge in [0.25, 0.3) is 0 Å². The molecule has 2 N–H and O–H groups in total. The lowest BCUT2D eigenvalue weighted by molar-refractivity contribution is -0.113. The van der Waals surface area contributed by atoms with E-state index in [2.05, 4.69) is 25.3 Å². The van der Waals surface area contributed by atoms with Gasteiger partial charge < -0.3 is 15.0 Å². The normalized spacial score (nSPS) is 10.7. The number of halogens is 1. The number of fused-ring (bicyclic) bond motifs is 1. The summed E-state index contributed by atoms with van der Waals surface area (Å²) in [5.41, 5.74) is 1.75. The summed E-state index contributed by atoms with van der Waals surface area (Å²) < 4.78 is 5.20. The number of methoxy groups -OCH3 is 1. The summed E-state index contributed by atoms with van der Waals surface area (Å²) in [5, 5.41) is 3.47. The number of ether oxygens (including phenoxy) is 1. The molecule has 0 aliphatic carbocycles. The van der Waals surface area contributed by atoms with E-state index in [0.29, 0.717) is 27.6 Å². The molecule has 7 nitrogen and oxygen atoms in total. The fourth-order valence-electron chi connectivity index (χ4n) is 1.95. The molecular formula is C14H12ClN5O2S. The molecule has 118 valence electrons. The minimum Gasteiger partial charge on any atom is -0.495 e. The molecule has 2 aromatic heterocycles. The fraction of sp³-hybridized carbons (Fsp3) is 0.143. The Morgan fingerprint density at radius 1 is 1.39 bits per heavy atom. The summed E-state index contributed by atoms with van der Waals surface area (Å²) in [7, 11) is 1.55. The Morgan fingerprint density at radius 3 is 3.04 bits per heavy atom. The number of aromatic amines is 1. The zero-order valence-corrected chi connectivity index (χ0v) is 13.6. The number of nitrogens with zero attached hydrogens (tertiary/aromatic N) is 3. The van der Waals surface area contributed by atoms with Crippen LogP contribution in [-0.4, -0.2) is 38.7 Å². The van der Waals surface area contributed by atoms with E-state index in [1.165, 1.54) is 18.1 Å². The number of benzene rings is 1. The van der Waals surface area contributed by atoms with Crippen LogP contribution in [0.15, 0.2) is 35.6 Å². The van der Waals surface area contributed by atoms with E-state index in [4.69, 9.17) is 16.3 Å². The zero-order valence-electron chi connectivity index (χ0n) is 12.0. The van der Waals surface area contributed by atoms with Gasteiger partial charge in [0.15, 0.2) is 5.65 Å². The summed E-state index contributed by atoms with van der Waals surface area (Å²) in [6.45, 7) is 0. The van der Waals surface area contributed by atoms with Gasteiger partial charge in [0, 0.05) is 0 Å². The average molecular weight is 350 g/mol. The number of amides is 1. The highest BCUT2D eigenvalue weighted by molar-refractivity contribution is 8.00. The van der Waals surface area contributed by atoms with E-state index in [1.807, 2.05) is 12.1 Å². The third-order valence-electron chi connectivity index (χ3n) is 2.95. The number of anilines is 1. The third-order valence-corrected chi connectivity index (χ3v) is 4.09. The number of hydrogen-bond donors (Lipinski definition) is 2. The van der Waals surface area contributed by atoms with E-state index in [9.17, 15) is 4.79 Å². The molecular weight excluding hydrogens is 338 g/mol. The minimum atomic E-state index is -0.179. The fourth-order valence-corrected chi connectivity index (χ4v) is 2.95. The molecule has 0 spiro atoms. The smallest absolute Gasteiger partial charge is 0.234 e. The Morgan fingerprint density at radius 2 is 2.22 bits per heavy atom. The first kappa shape index (κ1) is 15.6. The predicted octanol–water partition coefficient (Wildman–Crippen LogP) is 2.75. The molecule has 3 rings (SSSR count). The van der Waals surface area contributed by atoms with Crippen LogP contribution >= 0.6 is 23.4 Å². The molecule has 0 fully saturated rings. The first-order valence-electron chi connectivity index (χ1n) is 6.59. The van der Waals surface area contributed by atoms with E-state index in [-0.39, 0.29) is 16.9 Å². The van der Waals surface area contributed by atoms with Crippen molar-refractivity contribution in [1.82, 2.24) is 19.9 Å². The molecule has 0 saturated heterocycles. The lowest BCUT2D eigenvalue weighted by Gasteiger charge is -2.09. The Hall–Kier alpha value is -2.32. The van der Waals surface area contributed by atoms with Gasteiger partial charge >= 0.3 is 0 Å². The van der Waals surface area contributed by atoms with Gasteiger partial charge in [-0.1, -0.05) is 23.9 Å². The average Bonchev–Trinajstić information content (AvgIpc) is 3.01. The standard InChI is InChI=1S/C14H12ClN5O2S/c1-22-9-5-3-2-4-8(9)18-10(21)6-23-13-11-12(17-7-16-11)19-14(15)20-13/h2-5,7H,6H2,1H3,(H,18,21)(H,16,17,19,20). The lowest BCUT2D eigenvalue weighted by atomic mass is 10.3. The second-order valence-corrected chi connectivity index (χ2v) is 5.74. The van der Waals surface area contributed by atoms with Gasteiger partial charge in [0.1, 0.15) is 16.3 Å². The number of carbonyl (C=O) groups is 1. The van der Waals surface area contributed by atoms with Gasteiger partial charge in [-0.3, -0.25) is 4.79 Å². The molecule has 2 heterocycles.